The predicted octanol–water partition coefficient (Wildman–Crippen LogP) is 2.90. The van der Waals surface area contributed by atoms with Crippen molar-refractivity contribution in [1.29, 1.82) is 0 Å². The second-order valence-corrected chi connectivity index (χ2v) is 8.10. The lowest BCUT2D eigenvalue weighted by Gasteiger charge is -2.35. The maximum absolute atomic E-state index is 12.3. The molecule has 0 atom stereocenters. The molecule has 9 heteroatoms. The summed E-state index contributed by atoms with van der Waals surface area (Å²) in [5.41, 5.74) is 0.518. The van der Waals surface area contributed by atoms with E-state index in [0.717, 1.165) is 42.2 Å². The number of nitrogens with one attached hydrogen (secondary N) is 1. The molecule has 4 aromatic rings. The first-order valence-electron chi connectivity index (χ1n) is 9.01. The number of piperazine rings is 1. The average Bonchev–Trinajstić information content (AvgIpc) is 3.18. The molecule has 7 nitrogen and oxygen atoms in total. The fraction of sp³-hybridized carbons (Fsp3) is 0.263. The van der Waals surface area contributed by atoms with Crippen LogP contribution in [0.3, 0.4) is 0 Å². The Hall–Kier alpha value is -2.55. The summed E-state index contributed by atoms with van der Waals surface area (Å²) in [6.45, 7) is 4.10. The van der Waals surface area contributed by atoms with E-state index in [-0.39, 0.29) is 5.56 Å². The van der Waals surface area contributed by atoms with Crippen LogP contribution < -0.4 is 10.5 Å². The lowest BCUT2D eigenvalue weighted by molar-refractivity contribution is 0.244. The van der Waals surface area contributed by atoms with Crippen molar-refractivity contribution in [2.24, 2.45) is 0 Å². The first-order chi connectivity index (χ1) is 13.7. The fourth-order valence-corrected chi connectivity index (χ4v) is 4.49. The van der Waals surface area contributed by atoms with Crippen LogP contribution in [0.15, 0.2) is 40.8 Å². The molecule has 1 aliphatic heterocycles. The van der Waals surface area contributed by atoms with E-state index in [1.165, 1.54) is 0 Å². The molecule has 0 amide bonds. The highest BCUT2D eigenvalue weighted by molar-refractivity contribution is 7.16. The second kappa shape index (κ2) is 7.12. The third-order valence-corrected chi connectivity index (χ3v) is 6.06. The molecule has 3 aromatic heterocycles. The van der Waals surface area contributed by atoms with Crippen molar-refractivity contribution in [3.63, 3.8) is 0 Å². The molecular weight excluding hydrogens is 396 g/mol. The summed E-state index contributed by atoms with van der Waals surface area (Å²) >= 11 is 7.61. The van der Waals surface area contributed by atoms with E-state index < -0.39 is 0 Å². The molecule has 28 heavy (non-hydrogen) atoms. The van der Waals surface area contributed by atoms with Crippen molar-refractivity contribution in [3.8, 4) is 0 Å². The van der Waals surface area contributed by atoms with Crippen LogP contribution in [0.4, 0.5) is 5.82 Å². The van der Waals surface area contributed by atoms with Crippen LogP contribution >= 0.6 is 22.9 Å². The molecule has 0 spiro atoms. The summed E-state index contributed by atoms with van der Waals surface area (Å²) in [4.78, 5) is 34.3. The molecule has 0 radical (unpaired) electrons. The Morgan fingerprint density at radius 2 is 1.96 bits per heavy atom. The van der Waals surface area contributed by atoms with Crippen LogP contribution in [-0.2, 0) is 6.54 Å². The normalized spacial score (nSPS) is 15.5. The van der Waals surface area contributed by atoms with E-state index in [9.17, 15) is 4.79 Å². The maximum atomic E-state index is 12.3. The van der Waals surface area contributed by atoms with Crippen molar-refractivity contribution in [1.82, 2.24) is 24.8 Å². The highest BCUT2D eigenvalue weighted by Gasteiger charge is 2.21. The van der Waals surface area contributed by atoms with E-state index in [0.29, 0.717) is 28.3 Å². The zero-order valence-electron chi connectivity index (χ0n) is 14.9. The molecule has 1 saturated heterocycles. The summed E-state index contributed by atoms with van der Waals surface area (Å²) in [7, 11) is 0. The van der Waals surface area contributed by atoms with Gasteiger partial charge in [0.15, 0.2) is 0 Å². The zero-order valence-corrected chi connectivity index (χ0v) is 16.5. The number of halogens is 1. The van der Waals surface area contributed by atoms with Gasteiger partial charge in [0.05, 0.1) is 22.8 Å². The number of thiophene rings is 1. The molecule has 142 valence electrons. The Kier molecular flexibility index (Phi) is 4.46. The molecule has 0 aliphatic carbocycles. The van der Waals surface area contributed by atoms with Crippen LogP contribution in [0.5, 0.6) is 0 Å². The third-order valence-electron chi connectivity index (χ3n) is 5.00. The van der Waals surface area contributed by atoms with E-state index in [1.54, 1.807) is 35.9 Å². The lowest BCUT2D eigenvalue weighted by atomic mass is 10.2. The Morgan fingerprint density at radius 3 is 2.82 bits per heavy atom. The fourth-order valence-electron chi connectivity index (χ4n) is 3.59. The highest BCUT2D eigenvalue weighted by Crippen LogP contribution is 2.27. The van der Waals surface area contributed by atoms with Gasteiger partial charge in [-0.1, -0.05) is 11.6 Å². The number of anilines is 1. The minimum Gasteiger partial charge on any atom is -0.353 e. The number of rotatable bonds is 3. The first kappa shape index (κ1) is 17.5. The summed E-state index contributed by atoms with van der Waals surface area (Å²) in [6.07, 6.45) is 1.64. The van der Waals surface area contributed by atoms with Gasteiger partial charge in [-0.2, -0.15) is 0 Å². The monoisotopic (exact) mass is 412 g/mol. The van der Waals surface area contributed by atoms with E-state index in [1.807, 2.05) is 5.38 Å². The Balaban J connectivity index is 1.31. The van der Waals surface area contributed by atoms with Gasteiger partial charge in [0, 0.05) is 31.2 Å². The minimum atomic E-state index is -0.151. The van der Waals surface area contributed by atoms with E-state index in [2.05, 4.69) is 35.8 Å². The van der Waals surface area contributed by atoms with Gasteiger partial charge < -0.3 is 9.88 Å². The number of H-pyrrole nitrogens is 1. The molecule has 1 aromatic carbocycles. The van der Waals surface area contributed by atoms with Gasteiger partial charge in [-0.15, -0.1) is 11.3 Å². The molecule has 1 fully saturated rings. The quantitative estimate of drug-likeness (QED) is 0.557. The molecule has 1 N–H and O–H groups in total. The molecule has 0 bridgehead atoms. The Morgan fingerprint density at radius 1 is 1.11 bits per heavy atom. The van der Waals surface area contributed by atoms with Crippen LogP contribution in [0.25, 0.3) is 21.1 Å². The molecule has 4 heterocycles. The van der Waals surface area contributed by atoms with Gasteiger partial charge >= 0.3 is 0 Å². The van der Waals surface area contributed by atoms with Crippen LogP contribution in [0, 0.1) is 0 Å². The second-order valence-electron chi connectivity index (χ2n) is 6.77. The largest absolute Gasteiger partial charge is 0.353 e. The van der Waals surface area contributed by atoms with Gasteiger partial charge in [0.2, 0.25) is 0 Å². The predicted molar refractivity (Wildman–Crippen MR) is 112 cm³/mol. The van der Waals surface area contributed by atoms with Crippen molar-refractivity contribution in [2.45, 2.75) is 6.54 Å². The number of hydrogen-bond acceptors (Lipinski definition) is 7. The molecular formula is C19H17ClN6OS. The SMILES string of the molecule is O=c1[nH]c(CN2CCN(c3ncnc4sccc34)CC2)nc2ccc(Cl)cc12. The van der Waals surface area contributed by atoms with E-state index >= 15 is 0 Å². The van der Waals surface area contributed by atoms with Crippen molar-refractivity contribution >= 4 is 49.9 Å². The van der Waals surface area contributed by atoms with E-state index in [4.69, 9.17) is 11.6 Å². The number of nitrogens with zero attached hydrogens (tertiary/aromatic N) is 5. The third kappa shape index (κ3) is 3.23. The smallest absolute Gasteiger partial charge is 0.258 e. The van der Waals surface area contributed by atoms with Gasteiger partial charge in [-0.25, -0.2) is 15.0 Å². The minimum absolute atomic E-state index is 0.151. The molecule has 0 unspecified atom stereocenters. The summed E-state index contributed by atoms with van der Waals surface area (Å²) in [6, 6.07) is 7.28. The summed E-state index contributed by atoms with van der Waals surface area (Å²) in [5, 5.41) is 4.21. The lowest BCUT2D eigenvalue weighted by Crippen LogP contribution is -2.46. The van der Waals surface area contributed by atoms with Crippen molar-refractivity contribution < 1.29 is 0 Å². The standard InChI is InChI=1S/C19H17ClN6OS/c20-12-1-2-15-14(9-12)18(27)24-16(23-15)10-25-4-6-26(7-5-25)17-13-3-8-28-19(13)22-11-21-17/h1-3,8-9,11H,4-7,10H2,(H,23,24,27). The Labute approximate surface area is 169 Å². The molecule has 5 rings (SSSR count). The first-order valence-corrected chi connectivity index (χ1v) is 10.3. The number of aromatic nitrogens is 4. The van der Waals surface area contributed by atoms with Gasteiger partial charge in [0.25, 0.3) is 5.56 Å². The summed E-state index contributed by atoms with van der Waals surface area (Å²) < 4.78 is 0. The summed E-state index contributed by atoms with van der Waals surface area (Å²) in [5.74, 6) is 1.68. The van der Waals surface area contributed by atoms with Gasteiger partial charge in [-0.3, -0.25) is 9.69 Å². The average molecular weight is 413 g/mol. The van der Waals surface area contributed by atoms with Gasteiger partial charge in [0.1, 0.15) is 22.8 Å². The van der Waals surface area contributed by atoms with Crippen LogP contribution in [0.2, 0.25) is 5.02 Å². The zero-order chi connectivity index (χ0) is 19.1. The number of hydrogen-bond donors (Lipinski definition) is 1. The number of aromatic amines is 1. The van der Waals surface area contributed by atoms with Crippen LogP contribution in [0.1, 0.15) is 5.82 Å². The number of fused-ring (bicyclic) bond motifs is 2. The number of benzene rings is 1. The highest BCUT2D eigenvalue weighted by atomic mass is 35.5. The molecule has 1 aliphatic rings. The van der Waals surface area contributed by atoms with Crippen LogP contribution in [-0.4, -0.2) is 51.0 Å². The van der Waals surface area contributed by atoms with Crippen molar-refractivity contribution in [2.75, 3.05) is 31.1 Å². The molecule has 0 saturated carbocycles. The van der Waals surface area contributed by atoms with Crippen molar-refractivity contribution in [3.05, 3.63) is 57.2 Å². The Bertz CT molecular complexity index is 1210. The topological polar surface area (TPSA) is 78.0 Å². The van der Waals surface area contributed by atoms with Gasteiger partial charge in [-0.05, 0) is 29.6 Å². The maximum Gasteiger partial charge on any atom is 0.258 e.